The quantitative estimate of drug-likeness (QED) is 0.792. The van der Waals surface area contributed by atoms with E-state index < -0.39 is 10.0 Å². The highest BCUT2D eigenvalue weighted by molar-refractivity contribution is 7.89. The smallest absolute Gasteiger partial charge is 0.243 e. The van der Waals surface area contributed by atoms with Crippen LogP contribution in [0.3, 0.4) is 0 Å². The third kappa shape index (κ3) is 3.03. The van der Waals surface area contributed by atoms with Crippen LogP contribution in [0.4, 0.5) is 0 Å². The first-order valence-electron chi connectivity index (χ1n) is 5.94. The normalized spacial score (nSPS) is 12.0. The molecular weight excluding hydrogens is 316 g/mol. The number of hydrogen-bond donors (Lipinski definition) is 0. The molecule has 0 saturated carbocycles. The van der Waals surface area contributed by atoms with E-state index in [-0.39, 0.29) is 6.54 Å². The number of thiazole rings is 1. The van der Waals surface area contributed by atoms with Gasteiger partial charge in [-0.05, 0) is 24.1 Å². The molecule has 2 rings (SSSR count). The van der Waals surface area contributed by atoms with Gasteiger partial charge in [-0.2, -0.15) is 4.31 Å². The predicted molar refractivity (Wildman–Crippen MR) is 81.5 cm³/mol. The zero-order chi connectivity index (χ0) is 14.8. The van der Waals surface area contributed by atoms with Gasteiger partial charge in [-0.25, -0.2) is 13.4 Å². The Morgan fingerprint density at radius 3 is 2.75 bits per heavy atom. The summed E-state index contributed by atoms with van der Waals surface area (Å²) in [6.45, 7) is 2.04. The fourth-order valence-corrected chi connectivity index (χ4v) is 4.13. The molecule has 1 heterocycles. The SMILES string of the molecule is Cc1c(CCl)cccc1S(=O)(=O)N(C)Cc1cscn1. The van der Waals surface area contributed by atoms with E-state index in [9.17, 15) is 8.42 Å². The molecule has 0 atom stereocenters. The molecule has 0 radical (unpaired) electrons. The molecule has 0 N–H and O–H groups in total. The lowest BCUT2D eigenvalue weighted by molar-refractivity contribution is 0.462. The number of hydrogen-bond acceptors (Lipinski definition) is 4. The standard InChI is InChI=1S/C13H15ClN2O2S2/c1-10-11(6-14)4-3-5-13(10)20(17,18)16(2)7-12-8-19-9-15-12/h3-5,8-9H,6-7H2,1-2H3. The first kappa shape index (κ1) is 15.4. The summed E-state index contributed by atoms with van der Waals surface area (Å²) in [7, 11) is -1.98. The van der Waals surface area contributed by atoms with Crippen molar-refractivity contribution in [1.82, 2.24) is 9.29 Å². The molecule has 1 aromatic carbocycles. The summed E-state index contributed by atoms with van der Waals surface area (Å²) >= 11 is 7.28. The average molecular weight is 331 g/mol. The summed E-state index contributed by atoms with van der Waals surface area (Å²) in [5.41, 5.74) is 3.96. The van der Waals surface area contributed by atoms with Crippen molar-refractivity contribution < 1.29 is 8.42 Å². The molecular formula is C13H15ClN2O2S2. The molecule has 20 heavy (non-hydrogen) atoms. The molecule has 7 heteroatoms. The van der Waals surface area contributed by atoms with Gasteiger partial charge in [-0.3, -0.25) is 0 Å². The molecule has 0 aliphatic heterocycles. The number of aromatic nitrogens is 1. The second kappa shape index (κ2) is 6.22. The highest BCUT2D eigenvalue weighted by Crippen LogP contribution is 2.24. The van der Waals surface area contributed by atoms with Gasteiger partial charge in [0.15, 0.2) is 0 Å². The van der Waals surface area contributed by atoms with E-state index in [4.69, 9.17) is 11.6 Å². The molecule has 4 nitrogen and oxygen atoms in total. The molecule has 0 saturated heterocycles. The van der Waals surface area contributed by atoms with Gasteiger partial charge in [0.05, 0.1) is 22.6 Å². The number of sulfonamides is 1. The molecule has 0 aliphatic carbocycles. The van der Waals surface area contributed by atoms with E-state index in [1.807, 2.05) is 11.4 Å². The van der Waals surface area contributed by atoms with Gasteiger partial charge < -0.3 is 0 Å². The lowest BCUT2D eigenvalue weighted by Crippen LogP contribution is -2.27. The maximum Gasteiger partial charge on any atom is 0.243 e. The summed E-state index contributed by atoms with van der Waals surface area (Å²) in [6.07, 6.45) is 0. The number of alkyl halides is 1. The van der Waals surface area contributed by atoms with Crippen LogP contribution in [0.2, 0.25) is 0 Å². The lowest BCUT2D eigenvalue weighted by atomic mass is 10.1. The molecule has 108 valence electrons. The molecule has 2 aromatic rings. The van der Waals surface area contributed by atoms with Crippen molar-refractivity contribution in [2.45, 2.75) is 24.2 Å². The van der Waals surface area contributed by atoms with Gasteiger partial charge in [0, 0.05) is 18.3 Å². The second-order valence-electron chi connectivity index (χ2n) is 4.41. The van der Waals surface area contributed by atoms with Crippen LogP contribution < -0.4 is 0 Å². The fourth-order valence-electron chi connectivity index (χ4n) is 1.88. The zero-order valence-electron chi connectivity index (χ0n) is 11.2. The Balaban J connectivity index is 2.35. The summed E-state index contributed by atoms with van der Waals surface area (Å²) < 4.78 is 26.5. The topological polar surface area (TPSA) is 50.3 Å². The lowest BCUT2D eigenvalue weighted by Gasteiger charge is -2.18. The van der Waals surface area contributed by atoms with Crippen LogP contribution in [0.1, 0.15) is 16.8 Å². The Bertz CT molecular complexity index is 684. The molecule has 0 spiro atoms. The van der Waals surface area contributed by atoms with Crippen LogP contribution in [-0.4, -0.2) is 24.8 Å². The van der Waals surface area contributed by atoms with E-state index in [1.54, 1.807) is 31.6 Å². The second-order valence-corrected chi connectivity index (χ2v) is 7.41. The maximum absolute atomic E-state index is 12.6. The van der Waals surface area contributed by atoms with Crippen LogP contribution in [0.15, 0.2) is 34.0 Å². The third-order valence-corrected chi connectivity index (χ3v) is 5.97. The molecule has 0 fully saturated rings. The van der Waals surface area contributed by atoms with Gasteiger partial charge in [0.25, 0.3) is 0 Å². The Labute approximate surface area is 128 Å². The van der Waals surface area contributed by atoms with Crippen LogP contribution in [-0.2, 0) is 22.4 Å². The number of benzene rings is 1. The van der Waals surface area contributed by atoms with Crippen molar-refractivity contribution in [3.05, 3.63) is 45.9 Å². The summed E-state index contributed by atoms with van der Waals surface area (Å²) in [5.74, 6) is 0.297. The third-order valence-electron chi connectivity index (χ3n) is 3.10. The molecule has 0 aliphatic rings. The minimum Gasteiger partial charge on any atom is -0.248 e. The molecule has 0 amide bonds. The number of halogens is 1. The molecule has 0 bridgehead atoms. The van der Waals surface area contributed by atoms with Gasteiger partial charge in [-0.1, -0.05) is 12.1 Å². The highest BCUT2D eigenvalue weighted by atomic mass is 35.5. The van der Waals surface area contributed by atoms with Crippen LogP contribution in [0.25, 0.3) is 0 Å². The fraction of sp³-hybridized carbons (Fsp3) is 0.308. The van der Waals surface area contributed by atoms with E-state index >= 15 is 0 Å². The van der Waals surface area contributed by atoms with Crippen molar-refractivity contribution >= 4 is 33.0 Å². The van der Waals surface area contributed by atoms with Crippen LogP contribution >= 0.6 is 22.9 Å². The van der Waals surface area contributed by atoms with Crippen molar-refractivity contribution in [3.63, 3.8) is 0 Å². The van der Waals surface area contributed by atoms with E-state index in [2.05, 4.69) is 4.98 Å². The van der Waals surface area contributed by atoms with Gasteiger partial charge in [0.2, 0.25) is 10.0 Å². The number of nitrogens with zero attached hydrogens (tertiary/aromatic N) is 2. The average Bonchev–Trinajstić information content (AvgIpc) is 2.91. The summed E-state index contributed by atoms with van der Waals surface area (Å²) in [6, 6.07) is 5.16. The van der Waals surface area contributed by atoms with Gasteiger partial charge >= 0.3 is 0 Å². The Hall–Kier alpha value is -0.950. The van der Waals surface area contributed by atoms with Crippen molar-refractivity contribution in [1.29, 1.82) is 0 Å². The Morgan fingerprint density at radius 1 is 1.40 bits per heavy atom. The molecule has 0 unspecified atom stereocenters. The van der Waals surface area contributed by atoms with E-state index in [1.165, 1.54) is 15.6 Å². The summed E-state index contributed by atoms with van der Waals surface area (Å²) in [4.78, 5) is 4.41. The Morgan fingerprint density at radius 2 is 2.15 bits per heavy atom. The van der Waals surface area contributed by atoms with Gasteiger partial charge in [-0.15, -0.1) is 22.9 Å². The van der Waals surface area contributed by atoms with Crippen LogP contribution in [0.5, 0.6) is 0 Å². The first-order chi connectivity index (χ1) is 9.46. The first-order valence-corrected chi connectivity index (χ1v) is 8.86. The predicted octanol–water partition coefficient (Wildman–Crippen LogP) is 3.01. The zero-order valence-corrected chi connectivity index (χ0v) is 13.6. The summed E-state index contributed by atoms with van der Waals surface area (Å²) in [5, 5.41) is 1.84. The number of rotatable bonds is 5. The van der Waals surface area contributed by atoms with E-state index in [0.29, 0.717) is 16.3 Å². The minimum atomic E-state index is -3.54. The minimum absolute atomic E-state index is 0.260. The Kier molecular flexibility index (Phi) is 4.80. The van der Waals surface area contributed by atoms with Crippen LogP contribution in [0, 0.1) is 6.92 Å². The van der Waals surface area contributed by atoms with Gasteiger partial charge in [0.1, 0.15) is 0 Å². The monoisotopic (exact) mass is 330 g/mol. The highest BCUT2D eigenvalue weighted by Gasteiger charge is 2.24. The van der Waals surface area contributed by atoms with E-state index in [0.717, 1.165) is 11.3 Å². The molecule has 1 aromatic heterocycles. The maximum atomic E-state index is 12.6. The van der Waals surface area contributed by atoms with Crippen molar-refractivity contribution in [2.24, 2.45) is 0 Å². The largest absolute Gasteiger partial charge is 0.248 e. The van der Waals surface area contributed by atoms with Crippen molar-refractivity contribution in [2.75, 3.05) is 7.05 Å². The van der Waals surface area contributed by atoms with Crippen molar-refractivity contribution in [3.8, 4) is 0 Å².